The lowest BCUT2D eigenvalue weighted by Gasteiger charge is -2.11. The highest BCUT2D eigenvalue weighted by molar-refractivity contribution is 6.05. The number of benzene rings is 3. The van der Waals surface area contributed by atoms with Crippen molar-refractivity contribution in [2.75, 3.05) is 42.7 Å². The van der Waals surface area contributed by atoms with E-state index in [1.54, 1.807) is 12.1 Å². The molecule has 0 heterocycles. The van der Waals surface area contributed by atoms with Gasteiger partial charge in [0.2, 0.25) is 0 Å². The largest absolute Gasteiger partial charge is 0.493 e. The molecule has 0 saturated heterocycles. The van der Waals surface area contributed by atoms with Crippen molar-refractivity contribution in [1.29, 1.82) is 0 Å². The molecule has 0 aliphatic heterocycles. The molecule has 0 amide bonds. The Morgan fingerprint density at radius 2 is 0.591 bits per heavy atom. The van der Waals surface area contributed by atoms with Crippen molar-refractivity contribution < 1.29 is 47.6 Å². The van der Waals surface area contributed by atoms with Crippen LogP contribution in [-0.2, 0) is 18.9 Å². The molecule has 0 fully saturated rings. The second-order valence-electron chi connectivity index (χ2n) is 8.86. The zero-order valence-electron chi connectivity index (χ0n) is 24.5. The maximum atomic E-state index is 12.6. The van der Waals surface area contributed by atoms with Gasteiger partial charge in [-0.25, -0.2) is 19.2 Å². The van der Waals surface area contributed by atoms with Crippen LogP contribution in [0, 0.1) is 35.5 Å². The van der Waals surface area contributed by atoms with Gasteiger partial charge in [0.1, 0.15) is 0 Å². The van der Waals surface area contributed by atoms with E-state index in [-0.39, 0.29) is 44.5 Å². The van der Waals surface area contributed by atoms with E-state index in [0.717, 1.165) is 0 Å². The molecule has 3 aromatic carbocycles. The summed E-state index contributed by atoms with van der Waals surface area (Å²) in [6.07, 6.45) is 0. The van der Waals surface area contributed by atoms with E-state index >= 15 is 0 Å². The van der Waals surface area contributed by atoms with Crippen molar-refractivity contribution in [2.45, 2.75) is 0 Å². The van der Waals surface area contributed by atoms with E-state index in [4.69, 9.17) is 28.4 Å². The number of fused-ring (bicyclic) bond motifs is 3. The van der Waals surface area contributed by atoms with Crippen molar-refractivity contribution in [3.05, 3.63) is 92.0 Å². The first kappa shape index (κ1) is 30.8. The van der Waals surface area contributed by atoms with Gasteiger partial charge >= 0.3 is 23.9 Å². The molecular weight excluding hydrogens is 568 g/mol. The number of methoxy groups -OCH3 is 6. The lowest BCUT2D eigenvalue weighted by atomic mass is 9.95. The average molecular weight is 593 g/mol. The number of carbonyl (C=O) groups is 4. The predicted molar refractivity (Wildman–Crippen MR) is 156 cm³/mol. The molecule has 4 rings (SSSR count). The van der Waals surface area contributed by atoms with E-state index < -0.39 is 23.9 Å². The summed E-state index contributed by atoms with van der Waals surface area (Å²) in [5, 5.41) is 0. The van der Waals surface area contributed by atoms with Gasteiger partial charge < -0.3 is 28.4 Å². The van der Waals surface area contributed by atoms with Crippen LogP contribution in [0.2, 0.25) is 0 Å². The minimum Gasteiger partial charge on any atom is -0.493 e. The van der Waals surface area contributed by atoms with Crippen molar-refractivity contribution >= 4 is 23.9 Å². The molecule has 0 N–H and O–H groups in total. The maximum absolute atomic E-state index is 12.6. The first-order valence-electron chi connectivity index (χ1n) is 12.7. The SMILES string of the molecule is COC(=O)c1cc2c(cc1C(=O)OC)C#Cc1cc(C(=O)OC)c(C(=O)OC)cc1C#Cc1cc(OC)c(OC)cc1C#C2. The number of hydrogen-bond acceptors (Lipinski definition) is 10. The number of rotatable bonds is 6. The third kappa shape index (κ3) is 6.04. The molecule has 3 aromatic rings. The van der Waals surface area contributed by atoms with Gasteiger partial charge in [0.25, 0.3) is 0 Å². The second kappa shape index (κ2) is 13.2. The number of ether oxygens (including phenoxy) is 6. The van der Waals surface area contributed by atoms with Crippen molar-refractivity contribution in [2.24, 2.45) is 0 Å². The molecule has 220 valence electrons. The van der Waals surface area contributed by atoms with Gasteiger partial charge in [0.15, 0.2) is 11.5 Å². The molecule has 44 heavy (non-hydrogen) atoms. The average Bonchev–Trinajstić information content (AvgIpc) is 3.06. The maximum Gasteiger partial charge on any atom is 0.338 e. The summed E-state index contributed by atoms with van der Waals surface area (Å²) < 4.78 is 30.4. The molecule has 0 unspecified atom stereocenters. The third-order valence-corrected chi connectivity index (χ3v) is 6.46. The van der Waals surface area contributed by atoms with Gasteiger partial charge in [0.05, 0.1) is 64.9 Å². The molecule has 0 spiro atoms. The monoisotopic (exact) mass is 592 g/mol. The van der Waals surface area contributed by atoms with Gasteiger partial charge in [-0.3, -0.25) is 0 Å². The van der Waals surface area contributed by atoms with E-state index in [1.807, 2.05) is 0 Å². The lowest BCUT2D eigenvalue weighted by Crippen LogP contribution is -2.13. The number of carbonyl (C=O) groups excluding carboxylic acids is 4. The molecule has 10 heteroatoms. The van der Waals surface area contributed by atoms with Crippen LogP contribution in [0.3, 0.4) is 0 Å². The van der Waals surface area contributed by atoms with Crippen LogP contribution >= 0.6 is 0 Å². The molecule has 0 radical (unpaired) electrons. The zero-order chi connectivity index (χ0) is 32.0. The summed E-state index contributed by atoms with van der Waals surface area (Å²) >= 11 is 0. The minimum absolute atomic E-state index is 0.0790. The van der Waals surface area contributed by atoms with Crippen molar-refractivity contribution in [1.82, 2.24) is 0 Å². The topological polar surface area (TPSA) is 124 Å². The Bertz CT molecular complexity index is 1780. The molecule has 0 atom stereocenters. The van der Waals surface area contributed by atoms with Crippen LogP contribution in [0.25, 0.3) is 0 Å². The van der Waals surface area contributed by atoms with Crippen LogP contribution in [0.15, 0.2) is 36.4 Å². The minimum atomic E-state index is -0.793. The Kier molecular flexibility index (Phi) is 9.23. The number of esters is 4. The highest BCUT2D eigenvalue weighted by Gasteiger charge is 2.23. The highest BCUT2D eigenvalue weighted by Crippen LogP contribution is 2.30. The van der Waals surface area contributed by atoms with Gasteiger partial charge in [-0.05, 0) is 24.3 Å². The van der Waals surface area contributed by atoms with E-state index in [2.05, 4.69) is 35.5 Å². The van der Waals surface area contributed by atoms with E-state index in [9.17, 15) is 19.2 Å². The third-order valence-electron chi connectivity index (χ3n) is 6.46. The predicted octanol–water partition coefficient (Wildman–Crippen LogP) is 3.36. The quantitative estimate of drug-likeness (QED) is 0.187. The van der Waals surface area contributed by atoms with E-state index in [1.165, 1.54) is 66.9 Å². The summed E-state index contributed by atoms with van der Waals surface area (Å²) in [7, 11) is 7.67. The fourth-order valence-corrected chi connectivity index (χ4v) is 4.22. The molecule has 1 aliphatic carbocycles. The number of hydrogen-bond donors (Lipinski definition) is 0. The van der Waals surface area contributed by atoms with Gasteiger partial charge in [-0.1, -0.05) is 35.5 Å². The normalized spacial score (nSPS) is 10.4. The Morgan fingerprint density at radius 1 is 0.386 bits per heavy atom. The summed E-state index contributed by atoms with van der Waals surface area (Å²) in [4.78, 5) is 50.5. The molecule has 10 nitrogen and oxygen atoms in total. The summed E-state index contributed by atoms with van der Waals surface area (Å²) in [6.45, 7) is 0. The Labute approximate surface area is 253 Å². The molecular formula is C34H24O10. The van der Waals surface area contributed by atoms with E-state index in [0.29, 0.717) is 22.6 Å². The highest BCUT2D eigenvalue weighted by atomic mass is 16.5. The van der Waals surface area contributed by atoms with Crippen LogP contribution < -0.4 is 9.47 Å². The fraction of sp³-hybridized carbons (Fsp3) is 0.176. The first-order valence-corrected chi connectivity index (χ1v) is 12.7. The molecule has 0 bridgehead atoms. The Hall–Kier alpha value is -6.18. The molecule has 0 aromatic heterocycles. The molecule has 1 aliphatic rings. The van der Waals surface area contributed by atoms with Crippen molar-refractivity contribution in [3.63, 3.8) is 0 Å². The lowest BCUT2D eigenvalue weighted by molar-refractivity contribution is 0.0555. The van der Waals surface area contributed by atoms with Crippen LogP contribution in [0.4, 0.5) is 0 Å². The van der Waals surface area contributed by atoms with Crippen LogP contribution in [-0.4, -0.2) is 66.5 Å². The van der Waals surface area contributed by atoms with Crippen LogP contribution in [0.1, 0.15) is 74.8 Å². The Morgan fingerprint density at radius 3 is 0.773 bits per heavy atom. The zero-order valence-corrected chi connectivity index (χ0v) is 24.5. The summed E-state index contributed by atoms with van der Waals surface area (Å²) in [5.41, 5.74) is 1.59. The van der Waals surface area contributed by atoms with Crippen LogP contribution in [0.5, 0.6) is 11.5 Å². The molecule has 0 saturated carbocycles. The first-order chi connectivity index (χ1) is 21.2. The van der Waals surface area contributed by atoms with Gasteiger partial charge in [-0.2, -0.15) is 0 Å². The Balaban J connectivity index is 2.16. The summed E-state index contributed by atoms with van der Waals surface area (Å²) in [6, 6.07) is 8.77. The van der Waals surface area contributed by atoms with Gasteiger partial charge in [-0.15, -0.1) is 0 Å². The standard InChI is InChI=1S/C34H24O10/c1-39-29-17-23-11-9-21-15-27(33(37)43-5)25(31(35)41-3)13-19(21)7-8-20-14-26(32(36)42-4)28(34(38)44-6)16-22(20)10-12-24(23)18-30(29)40-2/h13-18H,1-6H3. The smallest absolute Gasteiger partial charge is 0.338 e. The summed E-state index contributed by atoms with van der Waals surface area (Å²) in [5.74, 6) is 15.7. The van der Waals surface area contributed by atoms with Crippen molar-refractivity contribution in [3.8, 4) is 47.0 Å². The fourth-order valence-electron chi connectivity index (χ4n) is 4.22. The second-order valence-corrected chi connectivity index (χ2v) is 8.86. The van der Waals surface area contributed by atoms with Gasteiger partial charge in [0, 0.05) is 45.5 Å².